The van der Waals surface area contributed by atoms with Crippen LogP contribution in [0.2, 0.25) is 0 Å². The quantitative estimate of drug-likeness (QED) is 0.920. The zero-order chi connectivity index (χ0) is 16.9. The Morgan fingerprint density at radius 1 is 1.12 bits per heavy atom. The molecule has 2 atom stereocenters. The molecule has 24 heavy (non-hydrogen) atoms. The van der Waals surface area contributed by atoms with Crippen molar-refractivity contribution in [1.82, 2.24) is 4.90 Å². The number of carbonyl (C=O) groups excluding carboxylic acids is 1. The lowest BCUT2D eigenvalue weighted by molar-refractivity contribution is -0.129. The van der Waals surface area contributed by atoms with E-state index in [2.05, 4.69) is 12.1 Å². The van der Waals surface area contributed by atoms with Crippen molar-refractivity contribution in [3.63, 3.8) is 0 Å². The molecule has 1 heterocycles. The second kappa shape index (κ2) is 7.49. The Bertz CT molecular complexity index is 670. The Morgan fingerprint density at radius 2 is 1.83 bits per heavy atom. The standard InChI is InChI=1S/C20H24N2O2/c1-2-24-17-10-8-15(9-11-17)12-20(23)22-13-18(19(21)14-22)16-6-4-3-5-7-16/h3-11,18-19H,2,12-14,21H2,1H3/t18-,19+/m0/s1. The van der Waals surface area contributed by atoms with Crippen LogP contribution in [-0.2, 0) is 11.2 Å². The van der Waals surface area contributed by atoms with Gasteiger partial charge in [-0.2, -0.15) is 0 Å². The molecule has 3 rings (SSSR count). The summed E-state index contributed by atoms with van der Waals surface area (Å²) in [5.74, 6) is 1.18. The van der Waals surface area contributed by atoms with Gasteiger partial charge in [0.2, 0.25) is 5.91 Å². The second-order valence-corrected chi connectivity index (χ2v) is 6.23. The summed E-state index contributed by atoms with van der Waals surface area (Å²) in [6.07, 6.45) is 0.403. The average molecular weight is 324 g/mol. The zero-order valence-corrected chi connectivity index (χ0v) is 14.0. The molecule has 1 aliphatic heterocycles. The van der Waals surface area contributed by atoms with Crippen molar-refractivity contribution < 1.29 is 9.53 Å². The van der Waals surface area contributed by atoms with Crippen LogP contribution in [0.1, 0.15) is 24.0 Å². The van der Waals surface area contributed by atoms with Gasteiger partial charge in [0.25, 0.3) is 0 Å². The van der Waals surface area contributed by atoms with Gasteiger partial charge >= 0.3 is 0 Å². The number of rotatable bonds is 5. The van der Waals surface area contributed by atoms with Crippen LogP contribution in [0.25, 0.3) is 0 Å². The van der Waals surface area contributed by atoms with Gasteiger partial charge < -0.3 is 15.4 Å². The lowest BCUT2D eigenvalue weighted by atomic mass is 9.95. The molecule has 0 aromatic heterocycles. The van der Waals surface area contributed by atoms with E-state index < -0.39 is 0 Å². The van der Waals surface area contributed by atoms with Crippen molar-refractivity contribution in [2.75, 3.05) is 19.7 Å². The highest BCUT2D eigenvalue weighted by molar-refractivity contribution is 5.79. The first-order valence-corrected chi connectivity index (χ1v) is 8.47. The molecule has 0 radical (unpaired) electrons. The molecular formula is C20H24N2O2. The van der Waals surface area contributed by atoms with Crippen LogP contribution in [0, 0.1) is 0 Å². The first-order chi connectivity index (χ1) is 11.7. The van der Waals surface area contributed by atoms with E-state index in [9.17, 15) is 4.79 Å². The normalized spacial score (nSPS) is 20.2. The maximum atomic E-state index is 12.6. The van der Waals surface area contributed by atoms with Crippen molar-refractivity contribution in [3.05, 3.63) is 65.7 Å². The van der Waals surface area contributed by atoms with Gasteiger partial charge in [-0.3, -0.25) is 4.79 Å². The Kier molecular flexibility index (Phi) is 5.16. The van der Waals surface area contributed by atoms with Crippen LogP contribution in [-0.4, -0.2) is 36.5 Å². The van der Waals surface area contributed by atoms with Gasteiger partial charge in [-0.25, -0.2) is 0 Å². The predicted molar refractivity (Wildman–Crippen MR) is 95.1 cm³/mol. The minimum Gasteiger partial charge on any atom is -0.494 e. The molecule has 4 nitrogen and oxygen atoms in total. The van der Waals surface area contributed by atoms with Crippen molar-refractivity contribution >= 4 is 5.91 Å². The highest BCUT2D eigenvalue weighted by Crippen LogP contribution is 2.26. The van der Waals surface area contributed by atoms with Crippen molar-refractivity contribution in [3.8, 4) is 5.75 Å². The number of ether oxygens (including phenoxy) is 1. The molecule has 4 heteroatoms. The summed E-state index contributed by atoms with van der Waals surface area (Å²) in [5, 5.41) is 0. The molecule has 126 valence electrons. The van der Waals surface area contributed by atoms with E-state index in [1.807, 2.05) is 54.3 Å². The first-order valence-electron chi connectivity index (χ1n) is 8.47. The summed E-state index contributed by atoms with van der Waals surface area (Å²) in [5.41, 5.74) is 8.49. The van der Waals surface area contributed by atoms with E-state index in [-0.39, 0.29) is 17.9 Å². The molecule has 0 saturated carbocycles. The van der Waals surface area contributed by atoms with Crippen LogP contribution in [0.4, 0.5) is 0 Å². The fourth-order valence-corrected chi connectivity index (χ4v) is 3.24. The van der Waals surface area contributed by atoms with Gasteiger partial charge in [0, 0.05) is 25.0 Å². The van der Waals surface area contributed by atoms with E-state index in [0.29, 0.717) is 26.1 Å². The Balaban J connectivity index is 1.61. The summed E-state index contributed by atoms with van der Waals surface area (Å²) in [6, 6.07) is 17.9. The van der Waals surface area contributed by atoms with Crippen LogP contribution < -0.4 is 10.5 Å². The molecular weight excluding hydrogens is 300 g/mol. The number of likely N-dealkylation sites (tertiary alicyclic amines) is 1. The molecule has 0 bridgehead atoms. The van der Waals surface area contributed by atoms with Crippen LogP contribution in [0.15, 0.2) is 54.6 Å². The van der Waals surface area contributed by atoms with E-state index in [4.69, 9.17) is 10.5 Å². The van der Waals surface area contributed by atoms with E-state index in [1.54, 1.807) is 0 Å². The first kappa shape index (κ1) is 16.5. The van der Waals surface area contributed by atoms with Gasteiger partial charge in [0.1, 0.15) is 5.75 Å². The van der Waals surface area contributed by atoms with E-state index in [1.165, 1.54) is 5.56 Å². The smallest absolute Gasteiger partial charge is 0.227 e. The monoisotopic (exact) mass is 324 g/mol. The van der Waals surface area contributed by atoms with E-state index in [0.717, 1.165) is 11.3 Å². The Morgan fingerprint density at radius 3 is 2.50 bits per heavy atom. The minimum atomic E-state index is -0.00307. The number of benzene rings is 2. The average Bonchev–Trinajstić information content (AvgIpc) is 3.00. The molecule has 1 amide bonds. The van der Waals surface area contributed by atoms with Crippen LogP contribution >= 0.6 is 0 Å². The highest BCUT2D eigenvalue weighted by atomic mass is 16.5. The Hall–Kier alpha value is -2.33. The van der Waals surface area contributed by atoms with Crippen molar-refractivity contribution in [2.45, 2.75) is 25.3 Å². The van der Waals surface area contributed by atoms with E-state index >= 15 is 0 Å². The molecule has 0 aliphatic carbocycles. The molecule has 0 unspecified atom stereocenters. The summed E-state index contributed by atoms with van der Waals surface area (Å²) >= 11 is 0. The molecule has 1 fully saturated rings. The summed E-state index contributed by atoms with van der Waals surface area (Å²) in [7, 11) is 0. The van der Waals surface area contributed by atoms with Gasteiger partial charge in [0.15, 0.2) is 0 Å². The fourth-order valence-electron chi connectivity index (χ4n) is 3.24. The third kappa shape index (κ3) is 3.77. The second-order valence-electron chi connectivity index (χ2n) is 6.23. The predicted octanol–water partition coefficient (Wildman–Crippen LogP) is 2.58. The topological polar surface area (TPSA) is 55.6 Å². The maximum Gasteiger partial charge on any atom is 0.227 e. The maximum absolute atomic E-state index is 12.6. The summed E-state index contributed by atoms with van der Waals surface area (Å²) < 4.78 is 5.43. The molecule has 2 aromatic rings. The summed E-state index contributed by atoms with van der Waals surface area (Å²) in [4.78, 5) is 14.5. The third-order valence-electron chi connectivity index (χ3n) is 4.54. The largest absolute Gasteiger partial charge is 0.494 e. The molecule has 1 saturated heterocycles. The van der Waals surface area contributed by atoms with Gasteiger partial charge in [-0.1, -0.05) is 42.5 Å². The van der Waals surface area contributed by atoms with Crippen molar-refractivity contribution in [1.29, 1.82) is 0 Å². The lowest BCUT2D eigenvalue weighted by Crippen LogP contribution is -2.33. The van der Waals surface area contributed by atoms with Crippen molar-refractivity contribution in [2.24, 2.45) is 5.73 Å². The fraction of sp³-hybridized carbons (Fsp3) is 0.350. The SMILES string of the molecule is CCOc1ccc(CC(=O)N2C[C@@H](N)[C@H](c3ccccc3)C2)cc1. The number of carbonyl (C=O) groups is 1. The number of hydrogen-bond donors (Lipinski definition) is 1. The Labute approximate surface area is 143 Å². The number of amides is 1. The minimum absolute atomic E-state index is 0.00307. The highest BCUT2D eigenvalue weighted by Gasteiger charge is 2.33. The van der Waals surface area contributed by atoms with Gasteiger partial charge in [-0.15, -0.1) is 0 Å². The number of nitrogens with zero attached hydrogens (tertiary/aromatic N) is 1. The van der Waals surface area contributed by atoms with Crippen LogP contribution in [0.3, 0.4) is 0 Å². The molecule has 0 spiro atoms. The number of hydrogen-bond acceptors (Lipinski definition) is 3. The lowest BCUT2D eigenvalue weighted by Gasteiger charge is -2.16. The summed E-state index contributed by atoms with van der Waals surface area (Å²) in [6.45, 7) is 3.92. The van der Waals surface area contributed by atoms with Gasteiger partial charge in [-0.05, 0) is 30.2 Å². The van der Waals surface area contributed by atoms with Crippen LogP contribution in [0.5, 0.6) is 5.75 Å². The third-order valence-corrected chi connectivity index (χ3v) is 4.54. The molecule has 2 aromatic carbocycles. The van der Waals surface area contributed by atoms with Gasteiger partial charge in [0.05, 0.1) is 13.0 Å². The molecule has 1 aliphatic rings. The molecule has 2 N–H and O–H groups in total. The zero-order valence-electron chi connectivity index (χ0n) is 14.0. The number of nitrogens with two attached hydrogens (primary N) is 1.